The van der Waals surface area contributed by atoms with Crippen LogP contribution in [0.5, 0.6) is 5.75 Å². The summed E-state index contributed by atoms with van der Waals surface area (Å²) in [7, 11) is 0. The van der Waals surface area contributed by atoms with E-state index in [1.54, 1.807) is 0 Å². The quantitative estimate of drug-likeness (QED) is 0.758. The molecule has 3 aromatic rings. The van der Waals surface area contributed by atoms with Gasteiger partial charge < -0.3 is 10.5 Å². The predicted molar refractivity (Wildman–Crippen MR) is 68.2 cm³/mol. The van der Waals surface area contributed by atoms with Crippen LogP contribution in [0.3, 0.4) is 0 Å². The number of anilines is 1. The summed E-state index contributed by atoms with van der Waals surface area (Å²) in [5.41, 5.74) is 7.25. The summed E-state index contributed by atoms with van der Waals surface area (Å²) in [4.78, 5) is 7.84. The van der Waals surface area contributed by atoms with Crippen molar-refractivity contribution >= 4 is 16.9 Å². The topological polar surface area (TPSA) is 89.7 Å². The second-order valence-electron chi connectivity index (χ2n) is 4.13. The number of halogens is 3. The molecule has 0 bridgehead atoms. The normalized spacial score (nSPS) is 11.8. The van der Waals surface area contributed by atoms with Crippen molar-refractivity contribution in [1.29, 1.82) is 0 Å². The first-order chi connectivity index (χ1) is 9.94. The number of nitrogens with zero attached hydrogens (tertiary/aromatic N) is 3. The van der Waals surface area contributed by atoms with Gasteiger partial charge in [-0.3, -0.25) is 5.10 Å². The van der Waals surface area contributed by atoms with Crippen LogP contribution in [-0.2, 0) is 0 Å². The summed E-state index contributed by atoms with van der Waals surface area (Å²) < 4.78 is 40.1. The summed E-state index contributed by atoms with van der Waals surface area (Å²) in [5, 5.41) is 7.26. The first kappa shape index (κ1) is 13.2. The van der Waals surface area contributed by atoms with E-state index in [-0.39, 0.29) is 11.6 Å². The van der Waals surface area contributed by atoms with Crippen LogP contribution in [0, 0.1) is 0 Å². The van der Waals surface area contributed by atoms with Crippen molar-refractivity contribution in [2.45, 2.75) is 6.36 Å². The van der Waals surface area contributed by atoms with Crippen molar-refractivity contribution < 1.29 is 17.9 Å². The highest BCUT2D eigenvalue weighted by molar-refractivity contribution is 5.97. The van der Waals surface area contributed by atoms with Gasteiger partial charge >= 0.3 is 6.36 Å². The van der Waals surface area contributed by atoms with Crippen LogP contribution in [0.1, 0.15) is 0 Å². The largest absolute Gasteiger partial charge is 0.573 e. The summed E-state index contributed by atoms with van der Waals surface area (Å²) in [6.07, 6.45) is -3.43. The second-order valence-corrected chi connectivity index (χ2v) is 4.13. The number of aromatic amines is 1. The molecule has 0 fully saturated rings. The molecule has 0 saturated carbocycles. The zero-order valence-electron chi connectivity index (χ0n) is 10.3. The molecule has 3 rings (SSSR count). The van der Waals surface area contributed by atoms with Crippen LogP contribution in [0.15, 0.2) is 30.6 Å². The first-order valence-electron chi connectivity index (χ1n) is 5.75. The molecule has 0 spiro atoms. The van der Waals surface area contributed by atoms with Gasteiger partial charge in [-0.2, -0.15) is 5.10 Å². The Morgan fingerprint density at radius 1 is 1.10 bits per heavy atom. The molecule has 1 aromatic carbocycles. The molecular formula is C12H8F3N5O. The Hall–Kier alpha value is -2.84. The minimum Gasteiger partial charge on any atom is -0.406 e. The molecule has 3 N–H and O–H groups in total. The average Bonchev–Trinajstić information content (AvgIpc) is 2.83. The zero-order chi connectivity index (χ0) is 15.0. The van der Waals surface area contributed by atoms with Crippen molar-refractivity contribution in [3.8, 4) is 17.0 Å². The van der Waals surface area contributed by atoms with Crippen molar-refractivity contribution in [3.63, 3.8) is 0 Å². The maximum Gasteiger partial charge on any atom is 0.573 e. The standard InChI is InChI=1S/C12H8F3N5O/c13-12(14,15)21-7-3-1-6(2-4-7)9-8-10(16)17-5-18-11(8)20-19-9/h1-5H,(H3,16,17,18,19,20). The van der Waals surface area contributed by atoms with Gasteiger partial charge in [-0.1, -0.05) is 0 Å². The molecule has 0 atom stereocenters. The minimum atomic E-state index is -4.72. The average molecular weight is 295 g/mol. The van der Waals surface area contributed by atoms with Crippen molar-refractivity contribution in [1.82, 2.24) is 20.2 Å². The van der Waals surface area contributed by atoms with E-state index in [4.69, 9.17) is 5.73 Å². The van der Waals surface area contributed by atoms with Crippen LogP contribution in [0.2, 0.25) is 0 Å². The smallest absolute Gasteiger partial charge is 0.406 e. The molecule has 0 aliphatic rings. The van der Waals surface area contributed by atoms with Crippen molar-refractivity contribution in [2.24, 2.45) is 0 Å². The summed E-state index contributed by atoms with van der Waals surface area (Å²) in [6.45, 7) is 0. The van der Waals surface area contributed by atoms with E-state index in [9.17, 15) is 13.2 Å². The van der Waals surface area contributed by atoms with E-state index in [1.807, 2.05) is 0 Å². The number of hydrogen-bond donors (Lipinski definition) is 2. The maximum atomic E-state index is 12.1. The molecule has 0 aliphatic carbocycles. The fourth-order valence-electron chi connectivity index (χ4n) is 1.91. The lowest BCUT2D eigenvalue weighted by Crippen LogP contribution is -2.16. The van der Waals surface area contributed by atoms with E-state index in [1.165, 1.54) is 30.6 Å². The van der Waals surface area contributed by atoms with Gasteiger partial charge in [-0.25, -0.2) is 9.97 Å². The number of H-pyrrole nitrogens is 1. The number of benzene rings is 1. The summed E-state index contributed by atoms with van der Waals surface area (Å²) in [6, 6.07) is 5.29. The lowest BCUT2D eigenvalue weighted by atomic mass is 10.1. The van der Waals surface area contributed by atoms with Gasteiger partial charge in [0.2, 0.25) is 0 Å². The molecule has 0 unspecified atom stereocenters. The lowest BCUT2D eigenvalue weighted by Gasteiger charge is -2.08. The molecule has 2 aromatic heterocycles. The van der Waals surface area contributed by atoms with Crippen LogP contribution in [0.4, 0.5) is 19.0 Å². The molecule has 0 aliphatic heterocycles. The van der Waals surface area contributed by atoms with Gasteiger partial charge in [-0.05, 0) is 24.3 Å². The van der Waals surface area contributed by atoms with Crippen LogP contribution in [0.25, 0.3) is 22.3 Å². The molecule has 0 saturated heterocycles. The number of hydrogen-bond acceptors (Lipinski definition) is 5. The van der Waals surface area contributed by atoms with E-state index in [0.717, 1.165) is 0 Å². The Morgan fingerprint density at radius 2 is 1.81 bits per heavy atom. The first-order valence-corrected chi connectivity index (χ1v) is 5.75. The van der Waals surface area contributed by atoms with Gasteiger partial charge in [0.1, 0.15) is 23.6 Å². The fraction of sp³-hybridized carbons (Fsp3) is 0.0833. The third-order valence-electron chi connectivity index (χ3n) is 2.75. The molecule has 6 nitrogen and oxygen atoms in total. The van der Waals surface area contributed by atoms with Gasteiger partial charge in [-0.15, -0.1) is 13.2 Å². The third-order valence-corrected chi connectivity index (χ3v) is 2.75. The van der Waals surface area contributed by atoms with Crippen molar-refractivity contribution in [2.75, 3.05) is 5.73 Å². The van der Waals surface area contributed by atoms with Gasteiger partial charge in [0, 0.05) is 5.56 Å². The summed E-state index contributed by atoms with van der Waals surface area (Å²) in [5.74, 6) is -0.0744. The Morgan fingerprint density at radius 3 is 2.48 bits per heavy atom. The molecule has 9 heteroatoms. The number of rotatable bonds is 2. The molecule has 2 heterocycles. The number of nitrogens with two attached hydrogens (primary N) is 1. The molecule has 108 valence electrons. The highest BCUT2D eigenvalue weighted by Crippen LogP contribution is 2.30. The monoisotopic (exact) mass is 295 g/mol. The third kappa shape index (κ3) is 2.57. The Kier molecular flexibility index (Phi) is 2.89. The second kappa shape index (κ2) is 4.62. The highest BCUT2D eigenvalue weighted by atomic mass is 19.4. The van der Waals surface area contributed by atoms with Gasteiger partial charge in [0.25, 0.3) is 0 Å². The molecular weight excluding hydrogens is 287 g/mol. The van der Waals surface area contributed by atoms with E-state index in [0.29, 0.717) is 22.3 Å². The summed E-state index contributed by atoms with van der Waals surface area (Å²) >= 11 is 0. The molecule has 0 amide bonds. The van der Waals surface area contributed by atoms with Crippen LogP contribution in [-0.4, -0.2) is 26.5 Å². The number of alkyl halides is 3. The number of nitrogens with one attached hydrogen (secondary N) is 1. The SMILES string of the molecule is Nc1ncnc2[nH]nc(-c3ccc(OC(F)(F)F)cc3)c12. The van der Waals surface area contributed by atoms with Crippen LogP contribution < -0.4 is 10.5 Å². The van der Waals surface area contributed by atoms with E-state index >= 15 is 0 Å². The number of aromatic nitrogens is 4. The Bertz CT molecular complexity index is 782. The fourth-order valence-corrected chi connectivity index (χ4v) is 1.91. The van der Waals surface area contributed by atoms with E-state index < -0.39 is 6.36 Å². The van der Waals surface area contributed by atoms with Gasteiger partial charge in [0.15, 0.2) is 5.65 Å². The van der Waals surface area contributed by atoms with Gasteiger partial charge in [0.05, 0.1) is 5.39 Å². The minimum absolute atomic E-state index is 0.236. The lowest BCUT2D eigenvalue weighted by molar-refractivity contribution is -0.274. The zero-order valence-corrected chi connectivity index (χ0v) is 10.3. The number of ether oxygens (including phenoxy) is 1. The number of fused-ring (bicyclic) bond motifs is 1. The Labute approximate surface area is 115 Å². The van der Waals surface area contributed by atoms with E-state index in [2.05, 4.69) is 24.9 Å². The van der Waals surface area contributed by atoms with Crippen molar-refractivity contribution in [3.05, 3.63) is 30.6 Å². The predicted octanol–water partition coefficient (Wildman–Crippen LogP) is 2.50. The number of nitrogen functional groups attached to an aromatic ring is 1. The maximum absolute atomic E-state index is 12.1. The molecule has 21 heavy (non-hydrogen) atoms. The molecule has 0 radical (unpaired) electrons. The highest BCUT2D eigenvalue weighted by Gasteiger charge is 2.31. The Balaban J connectivity index is 2.00. The van der Waals surface area contributed by atoms with Crippen LogP contribution >= 0.6 is 0 Å².